The molecule has 8 nitrogen and oxygen atoms in total. The van der Waals surface area contributed by atoms with Gasteiger partial charge in [-0.15, -0.1) is 12.4 Å². The highest BCUT2D eigenvalue weighted by Gasteiger charge is 2.26. The molecule has 0 saturated carbocycles. The van der Waals surface area contributed by atoms with Crippen LogP contribution in [-0.4, -0.2) is 64.9 Å². The molecular formula is C19H32ClN5O3. The molecular weight excluding hydrogens is 382 g/mol. The molecule has 0 spiro atoms. The third-order valence-electron chi connectivity index (χ3n) is 5.22. The number of carbonyl (C=O) groups excluding carboxylic acids is 2. The number of aromatic nitrogens is 2. The fraction of sp³-hybridized carbons (Fsp3) is 0.737. The van der Waals surface area contributed by atoms with Crippen LogP contribution in [-0.2, 0) is 20.9 Å². The van der Waals surface area contributed by atoms with Crippen LogP contribution < -0.4 is 10.6 Å². The molecule has 2 unspecified atom stereocenters. The van der Waals surface area contributed by atoms with Gasteiger partial charge >= 0.3 is 0 Å². The van der Waals surface area contributed by atoms with Crippen molar-refractivity contribution in [3.05, 3.63) is 12.4 Å². The van der Waals surface area contributed by atoms with E-state index >= 15 is 0 Å². The minimum Gasteiger partial charge on any atom is -0.372 e. The van der Waals surface area contributed by atoms with E-state index in [9.17, 15) is 9.59 Å². The van der Waals surface area contributed by atoms with E-state index in [4.69, 9.17) is 4.74 Å². The van der Waals surface area contributed by atoms with Crippen molar-refractivity contribution in [3.8, 4) is 0 Å². The van der Waals surface area contributed by atoms with Gasteiger partial charge in [0, 0.05) is 25.7 Å². The van der Waals surface area contributed by atoms with Crippen molar-refractivity contribution >= 4 is 29.9 Å². The second-order valence-electron chi connectivity index (χ2n) is 7.76. The van der Waals surface area contributed by atoms with E-state index in [-0.39, 0.29) is 43.0 Å². The summed E-state index contributed by atoms with van der Waals surface area (Å²) in [5.74, 6) is 0.662. The Kier molecular flexibility index (Phi) is 8.72. The third kappa shape index (κ3) is 6.76. The van der Waals surface area contributed by atoms with Crippen molar-refractivity contribution in [2.24, 2.45) is 5.92 Å². The Morgan fingerprint density at radius 1 is 1.25 bits per heavy atom. The van der Waals surface area contributed by atoms with Crippen molar-refractivity contribution in [1.29, 1.82) is 0 Å². The zero-order chi connectivity index (χ0) is 19.2. The van der Waals surface area contributed by atoms with Crippen LogP contribution in [0.5, 0.6) is 0 Å². The Bertz CT molecular complexity index is 637. The molecule has 2 atom stereocenters. The van der Waals surface area contributed by atoms with Crippen LogP contribution in [0.2, 0.25) is 0 Å². The first-order valence-electron chi connectivity index (χ1n) is 9.96. The molecule has 3 rings (SSSR count). The largest absolute Gasteiger partial charge is 0.372 e. The molecule has 2 fully saturated rings. The van der Waals surface area contributed by atoms with Gasteiger partial charge in [-0.25, -0.2) is 0 Å². The number of halogens is 1. The van der Waals surface area contributed by atoms with E-state index in [1.54, 1.807) is 17.1 Å². The molecule has 0 bridgehead atoms. The fourth-order valence-corrected chi connectivity index (χ4v) is 3.86. The van der Waals surface area contributed by atoms with Crippen LogP contribution in [0.1, 0.15) is 39.5 Å². The first kappa shape index (κ1) is 22.6. The van der Waals surface area contributed by atoms with E-state index in [1.807, 2.05) is 18.7 Å². The highest BCUT2D eigenvalue weighted by molar-refractivity contribution is 5.90. The summed E-state index contributed by atoms with van der Waals surface area (Å²) < 4.78 is 7.24. The second kappa shape index (κ2) is 10.8. The van der Waals surface area contributed by atoms with Crippen LogP contribution in [0.15, 0.2) is 12.4 Å². The number of amides is 2. The maximum absolute atomic E-state index is 12.5. The van der Waals surface area contributed by atoms with Gasteiger partial charge in [0.15, 0.2) is 0 Å². The average molecular weight is 414 g/mol. The van der Waals surface area contributed by atoms with E-state index in [0.717, 1.165) is 32.4 Å². The van der Waals surface area contributed by atoms with Gasteiger partial charge < -0.3 is 20.3 Å². The number of morpholine rings is 1. The molecule has 2 saturated heterocycles. The molecule has 28 heavy (non-hydrogen) atoms. The molecule has 2 N–H and O–H groups in total. The van der Waals surface area contributed by atoms with E-state index < -0.39 is 0 Å². The summed E-state index contributed by atoms with van der Waals surface area (Å²) in [5, 5.41) is 10.4. The third-order valence-corrected chi connectivity index (χ3v) is 5.22. The van der Waals surface area contributed by atoms with Crippen molar-refractivity contribution in [1.82, 2.24) is 20.0 Å². The Hall–Kier alpha value is -1.64. The minimum absolute atomic E-state index is 0. The second-order valence-corrected chi connectivity index (χ2v) is 7.76. The molecule has 1 aromatic heterocycles. The smallest absolute Gasteiger partial charge is 0.244 e. The Morgan fingerprint density at radius 3 is 2.61 bits per heavy atom. The summed E-state index contributed by atoms with van der Waals surface area (Å²) in [5.41, 5.74) is 0.641. The summed E-state index contributed by atoms with van der Waals surface area (Å²) in [6, 6.07) is 0. The summed E-state index contributed by atoms with van der Waals surface area (Å²) in [7, 11) is 0. The Morgan fingerprint density at radius 2 is 1.93 bits per heavy atom. The lowest BCUT2D eigenvalue weighted by atomic mass is 9.93. The summed E-state index contributed by atoms with van der Waals surface area (Å²) in [6.07, 6.45) is 7.15. The lowest BCUT2D eigenvalue weighted by Crippen LogP contribution is -2.49. The normalized spacial score (nSPS) is 23.1. The highest BCUT2D eigenvalue weighted by atomic mass is 35.5. The average Bonchev–Trinajstić information content (AvgIpc) is 3.07. The molecule has 158 valence electrons. The van der Waals surface area contributed by atoms with Crippen molar-refractivity contribution in [2.75, 3.05) is 31.5 Å². The van der Waals surface area contributed by atoms with Gasteiger partial charge in [0.05, 0.1) is 24.1 Å². The number of anilines is 1. The number of piperidine rings is 1. The minimum atomic E-state index is 0. The van der Waals surface area contributed by atoms with Crippen molar-refractivity contribution in [2.45, 2.75) is 58.3 Å². The van der Waals surface area contributed by atoms with E-state index in [1.165, 1.54) is 0 Å². The van der Waals surface area contributed by atoms with E-state index in [2.05, 4.69) is 15.7 Å². The standard InChI is InChI=1S/C19H31N5O3.ClH/c1-14-10-23(11-15(2)27-14)19(26)13-24-12-17(9-21-24)22-18(25)4-3-16-5-7-20-8-6-16;/h9,12,14-16,20H,3-8,10-11,13H2,1-2H3,(H,22,25);1H. The molecule has 1 aromatic rings. The maximum Gasteiger partial charge on any atom is 0.244 e. The van der Waals surface area contributed by atoms with Crippen LogP contribution >= 0.6 is 12.4 Å². The number of carbonyl (C=O) groups is 2. The zero-order valence-electron chi connectivity index (χ0n) is 16.7. The maximum atomic E-state index is 12.5. The first-order chi connectivity index (χ1) is 13.0. The number of hydrogen-bond donors (Lipinski definition) is 2. The highest BCUT2D eigenvalue weighted by Crippen LogP contribution is 2.18. The number of nitrogens with zero attached hydrogens (tertiary/aromatic N) is 3. The molecule has 2 aliphatic heterocycles. The fourth-order valence-electron chi connectivity index (χ4n) is 3.86. The van der Waals surface area contributed by atoms with Gasteiger partial charge in [0.2, 0.25) is 11.8 Å². The topological polar surface area (TPSA) is 88.5 Å². The summed E-state index contributed by atoms with van der Waals surface area (Å²) in [4.78, 5) is 26.5. The van der Waals surface area contributed by atoms with Crippen molar-refractivity contribution in [3.63, 3.8) is 0 Å². The van der Waals surface area contributed by atoms with Gasteiger partial charge in [0.1, 0.15) is 6.54 Å². The first-order valence-corrected chi connectivity index (χ1v) is 9.96. The van der Waals surface area contributed by atoms with Crippen LogP contribution in [0, 0.1) is 5.92 Å². The van der Waals surface area contributed by atoms with Gasteiger partial charge in [-0.3, -0.25) is 14.3 Å². The number of hydrogen-bond acceptors (Lipinski definition) is 5. The monoisotopic (exact) mass is 413 g/mol. The van der Waals surface area contributed by atoms with E-state index in [0.29, 0.717) is 31.1 Å². The quantitative estimate of drug-likeness (QED) is 0.740. The molecule has 0 radical (unpaired) electrons. The number of ether oxygens (including phenoxy) is 1. The van der Waals surface area contributed by atoms with Gasteiger partial charge in [-0.05, 0) is 52.1 Å². The van der Waals surface area contributed by atoms with Gasteiger partial charge in [-0.2, -0.15) is 5.10 Å². The molecule has 2 aliphatic rings. The molecule has 9 heteroatoms. The van der Waals surface area contributed by atoms with Crippen LogP contribution in [0.3, 0.4) is 0 Å². The van der Waals surface area contributed by atoms with Gasteiger partial charge in [0.25, 0.3) is 0 Å². The lowest BCUT2D eigenvalue weighted by molar-refractivity contribution is -0.144. The predicted octanol–water partition coefficient (Wildman–Crippen LogP) is 1.66. The van der Waals surface area contributed by atoms with Crippen LogP contribution in [0.25, 0.3) is 0 Å². The molecule has 0 aliphatic carbocycles. The Balaban J connectivity index is 0.00000280. The zero-order valence-corrected chi connectivity index (χ0v) is 17.5. The SMILES string of the molecule is CC1CN(C(=O)Cn2cc(NC(=O)CCC3CCNCC3)cn2)CC(C)O1.Cl. The molecule has 3 heterocycles. The predicted molar refractivity (Wildman–Crippen MR) is 110 cm³/mol. The Labute approximate surface area is 172 Å². The number of rotatable bonds is 6. The van der Waals surface area contributed by atoms with Crippen LogP contribution in [0.4, 0.5) is 5.69 Å². The van der Waals surface area contributed by atoms with Gasteiger partial charge in [-0.1, -0.05) is 0 Å². The number of nitrogens with one attached hydrogen (secondary N) is 2. The molecule has 2 amide bonds. The summed E-state index contributed by atoms with van der Waals surface area (Å²) >= 11 is 0. The van der Waals surface area contributed by atoms with Crippen molar-refractivity contribution < 1.29 is 14.3 Å². The lowest BCUT2D eigenvalue weighted by Gasteiger charge is -2.35. The molecule has 0 aromatic carbocycles. The summed E-state index contributed by atoms with van der Waals surface area (Å²) in [6.45, 7) is 7.42.